The zero-order valence-electron chi connectivity index (χ0n) is 11.3. The van der Waals surface area contributed by atoms with Crippen LogP contribution in [-0.4, -0.2) is 43.7 Å². The second kappa shape index (κ2) is 6.97. The molecule has 0 radical (unpaired) electrons. The molecule has 3 unspecified atom stereocenters. The molecule has 1 saturated carbocycles. The highest BCUT2D eigenvalue weighted by atomic mass is 16.5. The van der Waals surface area contributed by atoms with E-state index < -0.39 is 0 Å². The zero-order valence-corrected chi connectivity index (χ0v) is 11.3. The van der Waals surface area contributed by atoms with Gasteiger partial charge in [0.2, 0.25) is 5.91 Å². The minimum Gasteiger partial charge on any atom is -0.383 e. The molecule has 4 nitrogen and oxygen atoms in total. The van der Waals surface area contributed by atoms with E-state index in [0.717, 1.165) is 25.8 Å². The second-order valence-electron chi connectivity index (χ2n) is 4.97. The van der Waals surface area contributed by atoms with Crippen LogP contribution >= 0.6 is 0 Å². The number of methoxy groups -OCH3 is 1. The molecule has 1 aliphatic carbocycles. The third kappa shape index (κ3) is 3.68. The summed E-state index contributed by atoms with van der Waals surface area (Å²) in [5.74, 6) is 0.663. The van der Waals surface area contributed by atoms with E-state index in [1.165, 1.54) is 0 Å². The molecule has 0 aromatic heterocycles. The summed E-state index contributed by atoms with van der Waals surface area (Å²) in [6, 6.07) is 0.179. The average molecular weight is 242 g/mol. The third-order valence-corrected chi connectivity index (χ3v) is 3.94. The summed E-state index contributed by atoms with van der Waals surface area (Å²) < 4.78 is 5.04. The summed E-state index contributed by atoms with van der Waals surface area (Å²) in [5.41, 5.74) is 6.05. The van der Waals surface area contributed by atoms with Gasteiger partial charge in [-0.25, -0.2) is 0 Å². The maximum absolute atomic E-state index is 12.4. The first-order chi connectivity index (χ1) is 8.11. The van der Waals surface area contributed by atoms with Gasteiger partial charge < -0.3 is 15.4 Å². The first-order valence-electron chi connectivity index (χ1n) is 6.65. The lowest BCUT2D eigenvalue weighted by Gasteiger charge is -2.36. The Balaban J connectivity index is 2.59. The van der Waals surface area contributed by atoms with Gasteiger partial charge in [0.05, 0.1) is 6.61 Å². The van der Waals surface area contributed by atoms with Crippen LogP contribution in [0.3, 0.4) is 0 Å². The quantitative estimate of drug-likeness (QED) is 0.789. The highest BCUT2D eigenvalue weighted by Gasteiger charge is 2.34. The fourth-order valence-electron chi connectivity index (χ4n) is 2.61. The summed E-state index contributed by atoms with van der Waals surface area (Å²) in [4.78, 5) is 14.3. The molecule has 3 atom stereocenters. The Morgan fingerprint density at radius 3 is 2.76 bits per heavy atom. The van der Waals surface area contributed by atoms with Crippen molar-refractivity contribution in [3.05, 3.63) is 0 Å². The standard InChI is InChI=1S/C13H26N2O2/c1-4-15(8-9-17-3)13(16)11-6-5-7-12(14)10(11)2/h10-12H,4-9,14H2,1-3H3. The number of ether oxygens (including phenoxy) is 1. The predicted octanol–water partition coefficient (Wildman–Crippen LogP) is 1.24. The minimum atomic E-state index is 0.107. The number of carbonyl (C=O) groups is 1. The zero-order chi connectivity index (χ0) is 12.8. The van der Waals surface area contributed by atoms with E-state index in [4.69, 9.17) is 10.5 Å². The van der Waals surface area contributed by atoms with Crippen LogP contribution in [0.1, 0.15) is 33.1 Å². The van der Waals surface area contributed by atoms with Crippen molar-refractivity contribution in [2.24, 2.45) is 17.6 Å². The maximum atomic E-state index is 12.4. The number of carbonyl (C=O) groups excluding carboxylic acids is 1. The lowest BCUT2D eigenvalue weighted by atomic mass is 9.76. The summed E-state index contributed by atoms with van der Waals surface area (Å²) >= 11 is 0. The minimum absolute atomic E-state index is 0.107. The summed E-state index contributed by atoms with van der Waals surface area (Å²) in [6.45, 7) is 6.16. The predicted molar refractivity (Wildman–Crippen MR) is 68.6 cm³/mol. The summed E-state index contributed by atoms with van der Waals surface area (Å²) in [5, 5.41) is 0. The van der Waals surface area contributed by atoms with E-state index in [0.29, 0.717) is 19.1 Å². The van der Waals surface area contributed by atoms with Gasteiger partial charge in [0.15, 0.2) is 0 Å². The van der Waals surface area contributed by atoms with Crippen LogP contribution in [-0.2, 0) is 9.53 Å². The van der Waals surface area contributed by atoms with E-state index >= 15 is 0 Å². The van der Waals surface area contributed by atoms with Crippen molar-refractivity contribution in [1.29, 1.82) is 0 Å². The van der Waals surface area contributed by atoms with Crippen LogP contribution in [0.25, 0.3) is 0 Å². The molecule has 17 heavy (non-hydrogen) atoms. The lowest BCUT2D eigenvalue weighted by Crippen LogP contribution is -2.46. The molecule has 100 valence electrons. The molecule has 1 amide bonds. The Bertz CT molecular complexity index is 246. The van der Waals surface area contributed by atoms with Gasteiger partial charge >= 0.3 is 0 Å². The van der Waals surface area contributed by atoms with Crippen molar-refractivity contribution in [3.8, 4) is 0 Å². The fraction of sp³-hybridized carbons (Fsp3) is 0.923. The van der Waals surface area contributed by atoms with Crippen LogP contribution in [0.2, 0.25) is 0 Å². The molecule has 0 spiro atoms. The van der Waals surface area contributed by atoms with Gasteiger partial charge in [-0.2, -0.15) is 0 Å². The van der Waals surface area contributed by atoms with Crippen LogP contribution in [0.5, 0.6) is 0 Å². The molecule has 0 aromatic rings. The largest absolute Gasteiger partial charge is 0.383 e. The van der Waals surface area contributed by atoms with E-state index in [1.54, 1.807) is 7.11 Å². The molecular formula is C13H26N2O2. The van der Waals surface area contributed by atoms with Gasteiger partial charge in [-0.05, 0) is 25.7 Å². The Morgan fingerprint density at radius 2 is 2.18 bits per heavy atom. The maximum Gasteiger partial charge on any atom is 0.226 e. The lowest BCUT2D eigenvalue weighted by molar-refractivity contribution is -0.139. The number of nitrogens with two attached hydrogens (primary N) is 1. The van der Waals surface area contributed by atoms with Crippen molar-refractivity contribution in [2.75, 3.05) is 26.8 Å². The van der Waals surface area contributed by atoms with Gasteiger partial charge in [-0.1, -0.05) is 13.3 Å². The van der Waals surface area contributed by atoms with Crippen molar-refractivity contribution < 1.29 is 9.53 Å². The van der Waals surface area contributed by atoms with Crippen molar-refractivity contribution >= 4 is 5.91 Å². The first kappa shape index (κ1) is 14.5. The SMILES string of the molecule is CCN(CCOC)C(=O)C1CCCC(N)C1C. The Kier molecular flexibility index (Phi) is 5.92. The number of hydrogen-bond acceptors (Lipinski definition) is 3. The first-order valence-corrected chi connectivity index (χ1v) is 6.65. The normalized spacial score (nSPS) is 29.1. The van der Waals surface area contributed by atoms with Crippen LogP contribution in [0.4, 0.5) is 0 Å². The fourth-order valence-corrected chi connectivity index (χ4v) is 2.61. The van der Waals surface area contributed by atoms with E-state index in [-0.39, 0.29) is 17.9 Å². The molecule has 0 aliphatic heterocycles. The highest BCUT2D eigenvalue weighted by Crippen LogP contribution is 2.30. The number of nitrogens with zero attached hydrogens (tertiary/aromatic N) is 1. The van der Waals surface area contributed by atoms with E-state index in [9.17, 15) is 4.79 Å². The molecule has 0 bridgehead atoms. The molecule has 0 saturated heterocycles. The van der Waals surface area contributed by atoms with Gasteiger partial charge in [-0.3, -0.25) is 4.79 Å². The number of hydrogen-bond donors (Lipinski definition) is 1. The molecule has 1 rings (SSSR count). The van der Waals surface area contributed by atoms with Gasteiger partial charge in [-0.15, -0.1) is 0 Å². The molecule has 0 aromatic carbocycles. The van der Waals surface area contributed by atoms with E-state index in [2.05, 4.69) is 6.92 Å². The highest BCUT2D eigenvalue weighted by molar-refractivity contribution is 5.79. The average Bonchev–Trinajstić information content (AvgIpc) is 2.33. The monoisotopic (exact) mass is 242 g/mol. The van der Waals surface area contributed by atoms with Crippen molar-refractivity contribution in [3.63, 3.8) is 0 Å². The van der Waals surface area contributed by atoms with Crippen molar-refractivity contribution in [2.45, 2.75) is 39.2 Å². The molecule has 4 heteroatoms. The van der Waals surface area contributed by atoms with Gasteiger partial charge in [0, 0.05) is 32.2 Å². The van der Waals surface area contributed by atoms with Crippen LogP contribution in [0, 0.1) is 11.8 Å². The van der Waals surface area contributed by atoms with Gasteiger partial charge in [0.1, 0.15) is 0 Å². The van der Waals surface area contributed by atoms with Crippen LogP contribution < -0.4 is 5.73 Å². The molecule has 2 N–H and O–H groups in total. The molecule has 1 fully saturated rings. The van der Waals surface area contributed by atoms with Gasteiger partial charge in [0.25, 0.3) is 0 Å². The Labute approximate surface area is 104 Å². The molecule has 0 heterocycles. The number of amides is 1. The number of rotatable bonds is 5. The Morgan fingerprint density at radius 1 is 1.47 bits per heavy atom. The second-order valence-corrected chi connectivity index (χ2v) is 4.97. The summed E-state index contributed by atoms with van der Waals surface area (Å²) in [7, 11) is 1.66. The van der Waals surface area contributed by atoms with Crippen LogP contribution in [0.15, 0.2) is 0 Å². The third-order valence-electron chi connectivity index (χ3n) is 3.94. The number of likely N-dealkylation sites (N-methyl/N-ethyl adjacent to an activating group) is 1. The molecular weight excluding hydrogens is 216 g/mol. The molecule has 1 aliphatic rings. The summed E-state index contributed by atoms with van der Waals surface area (Å²) in [6.07, 6.45) is 3.11. The topological polar surface area (TPSA) is 55.6 Å². The smallest absolute Gasteiger partial charge is 0.226 e. The van der Waals surface area contributed by atoms with Crippen molar-refractivity contribution in [1.82, 2.24) is 4.90 Å². The van der Waals surface area contributed by atoms with E-state index in [1.807, 2.05) is 11.8 Å². The Hall–Kier alpha value is -0.610.